The monoisotopic (exact) mass is 462 g/mol. The first kappa shape index (κ1) is 23.3. The molecule has 0 spiro atoms. The Labute approximate surface area is 184 Å². The Hall–Kier alpha value is -3.33. The first-order chi connectivity index (χ1) is 14.9. The van der Waals surface area contributed by atoms with Crippen LogP contribution in [0.4, 0.5) is 24.5 Å². The van der Waals surface area contributed by atoms with Crippen molar-refractivity contribution in [1.82, 2.24) is 0 Å². The summed E-state index contributed by atoms with van der Waals surface area (Å²) in [4.78, 5) is 12.5. The number of hydrogen-bond donors (Lipinski definition) is 2. The fourth-order valence-corrected chi connectivity index (χ4v) is 4.43. The highest BCUT2D eigenvalue weighted by Crippen LogP contribution is 2.30. The van der Waals surface area contributed by atoms with Crippen LogP contribution in [0.1, 0.15) is 32.6 Å². The van der Waals surface area contributed by atoms with Crippen molar-refractivity contribution in [3.8, 4) is 0 Å². The molecule has 0 fully saturated rings. The number of rotatable bonds is 5. The number of hydrogen-bond acceptors (Lipinski definition) is 3. The third kappa shape index (κ3) is 5.11. The number of sulfonamides is 1. The van der Waals surface area contributed by atoms with Crippen LogP contribution in [-0.2, 0) is 16.2 Å². The lowest BCUT2D eigenvalue weighted by Crippen LogP contribution is -2.17. The number of benzene rings is 3. The maximum Gasteiger partial charge on any atom is 0.416 e. The molecule has 3 aromatic carbocycles. The van der Waals surface area contributed by atoms with Crippen molar-refractivity contribution in [3.05, 3.63) is 88.5 Å². The summed E-state index contributed by atoms with van der Waals surface area (Å²) >= 11 is 0. The molecule has 0 saturated heterocycles. The van der Waals surface area contributed by atoms with Gasteiger partial charge in [0.25, 0.3) is 15.9 Å². The molecule has 3 rings (SSSR count). The minimum Gasteiger partial charge on any atom is -0.322 e. The second-order valence-corrected chi connectivity index (χ2v) is 9.01. The summed E-state index contributed by atoms with van der Waals surface area (Å²) in [6, 6.07) is 13.4. The number of aryl methyl sites for hydroxylation is 2. The normalized spacial score (nSPS) is 11.8. The van der Waals surface area contributed by atoms with E-state index in [2.05, 4.69) is 10.0 Å². The molecule has 0 atom stereocenters. The molecule has 0 unspecified atom stereocenters. The predicted octanol–water partition coefficient (Wildman–Crippen LogP) is 5.68. The fraction of sp³-hybridized carbons (Fsp3) is 0.174. The van der Waals surface area contributed by atoms with Crippen LogP contribution < -0.4 is 10.0 Å². The van der Waals surface area contributed by atoms with Crippen LogP contribution in [0.5, 0.6) is 0 Å². The molecular formula is C23H21F3N2O3S. The van der Waals surface area contributed by atoms with Gasteiger partial charge < -0.3 is 5.32 Å². The van der Waals surface area contributed by atoms with E-state index in [1.807, 2.05) is 13.0 Å². The summed E-state index contributed by atoms with van der Waals surface area (Å²) in [7, 11) is -3.99. The molecule has 0 bridgehead atoms. The van der Waals surface area contributed by atoms with E-state index in [-0.39, 0.29) is 16.1 Å². The molecule has 0 radical (unpaired) electrons. The number of amides is 1. The van der Waals surface area contributed by atoms with Gasteiger partial charge in [-0.15, -0.1) is 0 Å². The average Bonchev–Trinajstić information content (AvgIpc) is 2.71. The van der Waals surface area contributed by atoms with Crippen LogP contribution in [0, 0.1) is 20.8 Å². The number of carbonyl (C=O) groups is 1. The number of alkyl halides is 3. The largest absolute Gasteiger partial charge is 0.416 e. The maximum absolute atomic E-state index is 13.0. The Morgan fingerprint density at radius 2 is 1.53 bits per heavy atom. The lowest BCUT2D eigenvalue weighted by Gasteiger charge is -2.15. The van der Waals surface area contributed by atoms with Crippen molar-refractivity contribution in [2.24, 2.45) is 0 Å². The van der Waals surface area contributed by atoms with Crippen molar-refractivity contribution in [3.63, 3.8) is 0 Å². The van der Waals surface area contributed by atoms with Gasteiger partial charge in [-0.25, -0.2) is 8.42 Å². The van der Waals surface area contributed by atoms with Crippen molar-refractivity contribution in [2.45, 2.75) is 31.8 Å². The van der Waals surface area contributed by atoms with Crippen molar-refractivity contribution in [2.75, 3.05) is 10.0 Å². The quantitative estimate of drug-likeness (QED) is 0.512. The Bertz CT molecular complexity index is 1270. The van der Waals surface area contributed by atoms with Gasteiger partial charge in [-0.2, -0.15) is 13.2 Å². The van der Waals surface area contributed by atoms with Gasteiger partial charge >= 0.3 is 6.18 Å². The van der Waals surface area contributed by atoms with E-state index in [4.69, 9.17) is 0 Å². The summed E-state index contributed by atoms with van der Waals surface area (Å²) in [6.45, 7) is 5.27. The van der Waals surface area contributed by atoms with Gasteiger partial charge in [0.15, 0.2) is 0 Å². The summed E-state index contributed by atoms with van der Waals surface area (Å²) in [5, 5.41) is 2.48. The highest BCUT2D eigenvalue weighted by Gasteiger charge is 2.30. The standard InChI is InChI=1S/C23H21F3N2O3S/c1-14-5-4-6-20(16(14)3)28-32(30,31)21-13-17(8-7-15(21)2)22(29)27-19-11-9-18(10-12-19)23(24,25)26/h4-13,28H,1-3H3,(H,27,29). The van der Waals surface area contributed by atoms with Crippen LogP contribution in [-0.4, -0.2) is 14.3 Å². The van der Waals surface area contributed by atoms with Crippen LogP contribution in [0.15, 0.2) is 65.6 Å². The van der Waals surface area contributed by atoms with Crippen LogP contribution in [0.3, 0.4) is 0 Å². The van der Waals surface area contributed by atoms with Gasteiger partial charge in [-0.3, -0.25) is 9.52 Å². The van der Waals surface area contributed by atoms with Gasteiger partial charge in [0.1, 0.15) is 0 Å². The van der Waals surface area contributed by atoms with E-state index < -0.39 is 27.7 Å². The third-order valence-electron chi connectivity index (χ3n) is 5.06. The van der Waals surface area contributed by atoms with Gasteiger partial charge in [0, 0.05) is 11.3 Å². The van der Waals surface area contributed by atoms with Crippen LogP contribution in [0.25, 0.3) is 0 Å². The minimum absolute atomic E-state index is 0.0526. The molecule has 2 N–H and O–H groups in total. The molecule has 0 saturated carbocycles. The van der Waals surface area contributed by atoms with E-state index >= 15 is 0 Å². The number of halogens is 3. The molecule has 0 aliphatic rings. The number of nitrogens with one attached hydrogen (secondary N) is 2. The van der Waals surface area contributed by atoms with E-state index in [0.717, 1.165) is 35.4 Å². The Morgan fingerprint density at radius 1 is 0.875 bits per heavy atom. The summed E-state index contributed by atoms with van der Waals surface area (Å²) in [5.41, 5.74) is 1.95. The van der Waals surface area contributed by atoms with Crippen molar-refractivity contribution >= 4 is 27.3 Å². The molecule has 168 valence electrons. The lowest BCUT2D eigenvalue weighted by atomic mass is 10.1. The zero-order valence-electron chi connectivity index (χ0n) is 17.5. The third-order valence-corrected chi connectivity index (χ3v) is 6.57. The predicted molar refractivity (Wildman–Crippen MR) is 117 cm³/mol. The zero-order chi connectivity index (χ0) is 23.7. The molecule has 0 heterocycles. The van der Waals surface area contributed by atoms with Crippen molar-refractivity contribution in [1.29, 1.82) is 0 Å². The highest BCUT2D eigenvalue weighted by molar-refractivity contribution is 7.92. The molecule has 1 amide bonds. The summed E-state index contributed by atoms with van der Waals surface area (Å²) in [6.07, 6.45) is -4.48. The first-order valence-corrected chi connectivity index (χ1v) is 11.0. The number of carbonyl (C=O) groups excluding carboxylic acids is 1. The zero-order valence-corrected chi connectivity index (χ0v) is 18.4. The second-order valence-electron chi connectivity index (χ2n) is 7.36. The van der Waals surface area contributed by atoms with Gasteiger partial charge in [-0.05, 0) is 79.9 Å². The molecule has 9 heteroatoms. The van der Waals surface area contributed by atoms with E-state index in [1.54, 1.807) is 26.0 Å². The molecular weight excluding hydrogens is 441 g/mol. The summed E-state index contributed by atoms with van der Waals surface area (Å²) in [5.74, 6) is -0.645. The smallest absolute Gasteiger partial charge is 0.322 e. The Balaban J connectivity index is 1.86. The molecule has 32 heavy (non-hydrogen) atoms. The van der Waals surface area contributed by atoms with Crippen molar-refractivity contribution < 1.29 is 26.4 Å². The van der Waals surface area contributed by atoms with Gasteiger partial charge in [-0.1, -0.05) is 18.2 Å². The van der Waals surface area contributed by atoms with Gasteiger partial charge in [0.2, 0.25) is 0 Å². The lowest BCUT2D eigenvalue weighted by molar-refractivity contribution is -0.137. The average molecular weight is 462 g/mol. The number of anilines is 2. The van der Waals surface area contributed by atoms with E-state index in [0.29, 0.717) is 11.3 Å². The molecule has 5 nitrogen and oxygen atoms in total. The summed E-state index contributed by atoms with van der Waals surface area (Å²) < 4.78 is 66.6. The molecule has 0 aliphatic carbocycles. The second kappa shape index (κ2) is 8.66. The fourth-order valence-electron chi connectivity index (χ4n) is 3.04. The maximum atomic E-state index is 13.0. The first-order valence-electron chi connectivity index (χ1n) is 9.57. The Morgan fingerprint density at radius 3 is 2.16 bits per heavy atom. The SMILES string of the molecule is Cc1ccc(C(=O)Nc2ccc(C(F)(F)F)cc2)cc1S(=O)(=O)Nc1cccc(C)c1C. The molecule has 0 aliphatic heterocycles. The van der Waals surface area contributed by atoms with E-state index in [9.17, 15) is 26.4 Å². The molecule has 0 aromatic heterocycles. The minimum atomic E-state index is -4.48. The van der Waals surface area contributed by atoms with Crippen LogP contribution >= 0.6 is 0 Å². The molecule has 3 aromatic rings. The van der Waals surface area contributed by atoms with E-state index in [1.165, 1.54) is 18.2 Å². The topological polar surface area (TPSA) is 75.3 Å². The van der Waals surface area contributed by atoms with Crippen LogP contribution in [0.2, 0.25) is 0 Å². The Kier molecular flexibility index (Phi) is 6.32. The van der Waals surface area contributed by atoms with Gasteiger partial charge in [0.05, 0.1) is 16.1 Å². The highest BCUT2D eigenvalue weighted by atomic mass is 32.2.